The second-order valence-electron chi connectivity index (χ2n) is 13.1. The van der Waals surface area contributed by atoms with Gasteiger partial charge in [0.15, 0.2) is 6.29 Å². The molecular formula is C43H43N3O7S. The van der Waals surface area contributed by atoms with Gasteiger partial charge in [0.05, 0.1) is 35.8 Å². The number of amides is 2. The molecule has 0 spiro atoms. The number of carbonyl (C=O) groups excluding carboxylic acids is 2. The molecule has 6 N–H and O–H groups in total. The number of carbonyl (C=O) groups is 3. The summed E-state index contributed by atoms with van der Waals surface area (Å²) in [5, 5.41) is 24.6. The van der Waals surface area contributed by atoms with Gasteiger partial charge in [-0.2, -0.15) is 0 Å². The third kappa shape index (κ3) is 10.6. The zero-order valence-corrected chi connectivity index (χ0v) is 30.5. The van der Waals surface area contributed by atoms with E-state index in [0.29, 0.717) is 36.5 Å². The van der Waals surface area contributed by atoms with Gasteiger partial charge in [-0.25, -0.2) is 4.79 Å². The van der Waals surface area contributed by atoms with Gasteiger partial charge in [-0.15, -0.1) is 11.8 Å². The molecular weight excluding hydrogens is 703 g/mol. The van der Waals surface area contributed by atoms with Gasteiger partial charge in [0.2, 0.25) is 11.8 Å². The predicted octanol–water partition coefficient (Wildman–Crippen LogP) is 7.89. The molecule has 0 radical (unpaired) electrons. The number of ether oxygens (including phenoxy) is 2. The number of hydrogen-bond donors (Lipinski definition) is 5. The second kappa shape index (κ2) is 18.5. The first kappa shape index (κ1) is 38.3. The molecule has 54 heavy (non-hydrogen) atoms. The van der Waals surface area contributed by atoms with Crippen LogP contribution in [-0.2, 0) is 32.2 Å². The summed E-state index contributed by atoms with van der Waals surface area (Å²) in [5.74, 6) is -0.641. The lowest BCUT2D eigenvalue weighted by Gasteiger charge is -2.36. The average molecular weight is 746 g/mol. The Kier molecular flexibility index (Phi) is 13.1. The van der Waals surface area contributed by atoms with Gasteiger partial charge >= 0.3 is 5.97 Å². The SMILES string of the molecule is Nc1ccccc1NC(=O)CCCC(=O)NCc1cccc(-c2cccc([C@H]3O[C@@H](CSc4ccc(C(=O)O)cc4)C[C@@H](c4ccc(CO)cc4)O3)c2)c1. The highest BCUT2D eigenvalue weighted by molar-refractivity contribution is 7.99. The molecule has 6 rings (SSSR count). The zero-order valence-electron chi connectivity index (χ0n) is 29.7. The molecule has 278 valence electrons. The van der Waals surface area contributed by atoms with Crippen molar-refractivity contribution in [3.63, 3.8) is 0 Å². The van der Waals surface area contributed by atoms with Crippen LogP contribution in [0.4, 0.5) is 11.4 Å². The van der Waals surface area contributed by atoms with Crippen LogP contribution in [0, 0.1) is 0 Å². The van der Waals surface area contributed by atoms with Crippen molar-refractivity contribution >= 4 is 40.9 Å². The Labute approximate surface area is 318 Å². The lowest BCUT2D eigenvalue weighted by Crippen LogP contribution is -2.31. The minimum absolute atomic E-state index is 0.0377. The minimum Gasteiger partial charge on any atom is -0.478 e. The maximum Gasteiger partial charge on any atom is 0.335 e. The molecule has 3 atom stereocenters. The van der Waals surface area contributed by atoms with Crippen molar-refractivity contribution in [2.45, 2.75) is 62.2 Å². The smallest absolute Gasteiger partial charge is 0.335 e. The highest BCUT2D eigenvalue weighted by Gasteiger charge is 2.32. The lowest BCUT2D eigenvalue weighted by molar-refractivity contribution is -0.245. The molecule has 1 heterocycles. The molecule has 2 amide bonds. The summed E-state index contributed by atoms with van der Waals surface area (Å²) in [6, 6.07) is 37.7. The Morgan fingerprint density at radius 1 is 0.759 bits per heavy atom. The normalized spacial score (nSPS) is 16.7. The molecule has 5 aromatic rings. The number of carboxylic acid groups (broad SMARTS) is 1. The van der Waals surface area contributed by atoms with Gasteiger partial charge in [0, 0.05) is 42.0 Å². The summed E-state index contributed by atoms with van der Waals surface area (Å²) < 4.78 is 13.1. The van der Waals surface area contributed by atoms with Crippen molar-refractivity contribution in [3.8, 4) is 11.1 Å². The van der Waals surface area contributed by atoms with E-state index in [2.05, 4.69) is 16.7 Å². The van der Waals surface area contributed by atoms with E-state index in [-0.39, 0.29) is 49.0 Å². The standard InChI is InChI=1S/C43H43N3O7S/c44-37-10-1-2-11-38(37)46-41(49)13-5-12-40(48)45-25-29-6-3-7-32(22-29)33-8-4-9-34(23-33)43-52-35(27-54-36-20-18-31(19-21-36)42(50)51)24-39(53-43)30-16-14-28(26-47)15-17-30/h1-4,6-11,14-23,35,39,43,47H,5,12-13,24-27,44H2,(H,45,48)(H,46,49)(H,50,51)/t35-,39+,43+/m1/s1. The third-order valence-corrected chi connectivity index (χ3v) is 10.2. The number of benzene rings is 5. The summed E-state index contributed by atoms with van der Waals surface area (Å²) in [7, 11) is 0. The monoisotopic (exact) mass is 745 g/mol. The molecule has 11 heteroatoms. The van der Waals surface area contributed by atoms with Crippen molar-refractivity contribution in [3.05, 3.63) is 149 Å². The molecule has 0 unspecified atom stereocenters. The molecule has 0 bridgehead atoms. The van der Waals surface area contributed by atoms with E-state index in [1.165, 1.54) is 0 Å². The first-order valence-corrected chi connectivity index (χ1v) is 18.8. The van der Waals surface area contributed by atoms with Gasteiger partial charge in [-0.05, 0) is 82.8 Å². The van der Waals surface area contributed by atoms with E-state index < -0.39 is 12.3 Å². The molecule has 1 fully saturated rings. The zero-order chi connectivity index (χ0) is 37.9. The van der Waals surface area contributed by atoms with Crippen LogP contribution >= 0.6 is 11.8 Å². The van der Waals surface area contributed by atoms with Crippen molar-refractivity contribution < 1.29 is 34.1 Å². The number of nitrogens with two attached hydrogens (primary N) is 1. The highest BCUT2D eigenvalue weighted by Crippen LogP contribution is 2.40. The Balaban J connectivity index is 1.08. The summed E-state index contributed by atoms with van der Waals surface area (Å²) in [5.41, 5.74) is 12.8. The van der Waals surface area contributed by atoms with Crippen LogP contribution in [0.5, 0.6) is 0 Å². The number of nitrogen functional groups attached to an aromatic ring is 1. The van der Waals surface area contributed by atoms with Gasteiger partial charge in [0.25, 0.3) is 0 Å². The number of thioether (sulfide) groups is 1. The van der Waals surface area contributed by atoms with Crippen LogP contribution in [0.2, 0.25) is 0 Å². The highest BCUT2D eigenvalue weighted by atomic mass is 32.2. The van der Waals surface area contributed by atoms with E-state index >= 15 is 0 Å². The van der Waals surface area contributed by atoms with E-state index in [4.69, 9.17) is 15.2 Å². The maximum atomic E-state index is 12.6. The molecule has 10 nitrogen and oxygen atoms in total. The van der Waals surface area contributed by atoms with Crippen molar-refractivity contribution in [1.29, 1.82) is 0 Å². The summed E-state index contributed by atoms with van der Waals surface area (Å²) >= 11 is 1.60. The molecule has 1 aliphatic rings. The van der Waals surface area contributed by atoms with Gasteiger partial charge < -0.3 is 36.1 Å². The topological polar surface area (TPSA) is 160 Å². The van der Waals surface area contributed by atoms with E-state index in [1.54, 1.807) is 48.2 Å². The van der Waals surface area contributed by atoms with Crippen molar-refractivity contribution in [1.82, 2.24) is 5.32 Å². The van der Waals surface area contributed by atoms with Crippen LogP contribution in [0.1, 0.15) is 70.7 Å². The number of hydrogen-bond acceptors (Lipinski definition) is 8. The minimum atomic E-state index is -0.959. The molecule has 0 aliphatic carbocycles. The lowest BCUT2D eigenvalue weighted by atomic mass is 9.99. The van der Waals surface area contributed by atoms with Crippen LogP contribution in [0.25, 0.3) is 11.1 Å². The number of nitrogens with one attached hydrogen (secondary N) is 2. The van der Waals surface area contributed by atoms with E-state index in [9.17, 15) is 24.6 Å². The van der Waals surface area contributed by atoms with Crippen LogP contribution in [0.15, 0.2) is 126 Å². The Bertz CT molecular complexity index is 2060. The quantitative estimate of drug-likeness (QED) is 0.0531. The fourth-order valence-corrected chi connectivity index (χ4v) is 7.07. The number of aliphatic hydroxyl groups excluding tert-OH is 1. The number of para-hydroxylation sites is 2. The van der Waals surface area contributed by atoms with Gasteiger partial charge in [0.1, 0.15) is 0 Å². The van der Waals surface area contributed by atoms with Crippen LogP contribution in [0.3, 0.4) is 0 Å². The predicted molar refractivity (Wildman–Crippen MR) is 210 cm³/mol. The third-order valence-electron chi connectivity index (χ3n) is 9.10. The van der Waals surface area contributed by atoms with Gasteiger partial charge in [-0.3, -0.25) is 9.59 Å². The van der Waals surface area contributed by atoms with Crippen molar-refractivity contribution in [2.24, 2.45) is 0 Å². The van der Waals surface area contributed by atoms with Gasteiger partial charge in [-0.1, -0.05) is 72.8 Å². The first-order valence-electron chi connectivity index (χ1n) is 17.8. The number of carboxylic acids is 1. The molecule has 5 aromatic carbocycles. The number of rotatable bonds is 15. The fourth-order valence-electron chi connectivity index (χ4n) is 6.15. The Morgan fingerprint density at radius 2 is 1.48 bits per heavy atom. The summed E-state index contributed by atoms with van der Waals surface area (Å²) in [6.07, 6.45) is 0.419. The second-order valence-corrected chi connectivity index (χ2v) is 14.2. The molecule has 1 aliphatic heterocycles. The average Bonchev–Trinajstić information content (AvgIpc) is 3.20. The fraction of sp³-hybridized carbons (Fsp3) is 0.233. The van der Waals surface area contributed by atoms with E-state index in [1.807, 2.05) is 78.9 Å². The maximum absolute atomic E-state index is 12.6. The first-order chi connectivity index (χ1) is 26.2. The summed E-state index contributed by atoms with van der Waals surface area (Å²) in [6.45, 7) is 0.313. The number of anilines is 2. The Hall–Kier alpha value is -5.46. The number of aliphatic hydroxyl groups is 1. The molecule has 0 saturated carbocycles. The Morgan fingerprint density at radius 3 is 2.22 bits per heavy atom. The largest absolute Gasteiger partial charge is 0.478 e. The molecule has 0 aromatic heterocycles. The van der Waals surface area contributed by atoms with E-state index in [0.717, 1.165) is 38.3 Å². The number of aromatic carboxylic acids is 1. The van der Waals surface area contributed by atoms with Crippen molar-refractivity contribution in [2.75, 3.05) is 16.8 Å². The van der Waals surface area contributed by atoms with Crippen LogP contribution in [-0.4, -0.2) is 39.9 Å². The summed E-state index contributed by atoms with van der Waals surface area (Å²) in [4.78, 5) is 37.2. The molecule has 1 saturated heterocycles. The van der Waals surface area contributed by atoms with Crippen LogP contribution < -0.4 is 16.4 Å².